The molecule has 1 aromatic carbocycles. The first kappa shape index (κ1) is 22.8. The fourth-order valence-corrected chi connectivity index (χ4v) is 6.51. The van der Waals surface area contributed by atoms with Crippen LogP contribution in [0.1, 0.15) is 45.5 Å². The molecule has 0 radical (unpaired) electrons. The Labute approximate surface area is 205 Å². The van der Waals surface area contributed by atoms with E-state index in [4.69, 9.17) is 5.11 Å². The van der Waals surface area contributed by atoms with Gasteiger partial charge >= 0.3 is 35.5 Å². The van der Waals surface area contributed by atoms with Gasteiger partial charge in [0.05, 0.1) is 0 Å². The summed E-state index contributed by atoms with van der Waals surface area (Å²) in [6.45, 7) is 0. The summed E-state index contributed by atoms with van der Waals surface area (Å²) in [4.78, 5) is 37.0. The summed E-state index contributed by atoms with van der Waals surface area (Å²) in [5, 5.41) is 17.9. The normalized spacial score (nSPS) is 35.5. The van der Waals surface area contributed by atoms with E-state index in [1.54, 1.807) is 0 Å². The van der Waals surface area contributed by atoms with Crippen molar-refractivity contribution < 1.29 is 50.5 Å². The van der Waals surface area contributed by atoms with E-state index in [-0.39, 0.29) is 42.4 Å². The Morgan fingerprint density at radius 3 is 2.13 bits per heavy atom. The molecule has 0 unspecified atom stereocenters. The smallest absolute Gasteiger partial charge is 1.00 e. The van der Waals surface area contributed by atoms with E-state index in [2.05, 4.69) is 16.0 Å². The molecule has 3 atom stereocenters. The maximum Gasteiger partial charge on any atom is 1.00 e. The molecule has 1 saturated heterocycles. The maximum absolute atomic E-state index is 13.4. The van der Waals surface area contributed by atoms with Crippen molar-refractivity contribution >= 4 is 17.8 Å². The van der Waals surface area contributed by atoms with Crippen LogP contribution in [0.4, 0.5) is 0 Å². The minimum Gasteiger partial charge on any atom is -1.00 e. The van der Waals surface area contributed by atoms with Crippen LogP contribution in [-0.2, 0) is 20.8 Å². The Bertz CT molecular complexity index is 833. The Morgan fingerprint density at radius 2 is 1.61 bits per heavy atom. The second-order valence-corrected chi connectivity index (χ2v) is 9.90. The van der Waals surface area contributed by atoms with Gasteiger partial charge in [0.1, 0.15) is 18.1 Å². The molecular weight excluding hydrogens is 405 g/mol. The number of rotatable bonds is 7. The molecule has 1 aromatic rings. The van der Waals surface area contributed by atoms with Crippen LogP contribution in [0.15, 0.2) is 30.3 Å². The minimum absolute atomic E-state index is 0. The van der Waals surface area contributed by atoms with Gasteiger partial charge in [-0.25, -0.2) is 0 Å². The molecule has 1 heterocycles. The summed E-state index contributed by atoms with van der Waals surface area (Å²) in [5.74, 6) is 0.514. The van der Waals surface area contributed by atoms with Gasteiger partial charge in [0.15, 0.2) is 0 Å². The number of hydrogen-bond acceptors (Lipinski definition) is 4. The number of benzene rings is 1. The molecule has 4 bridgehead atoms. The Kier molecular flexibility index (Phi) is 6.50. The zero-order valence-electron chi connectivity index (χ0n) is 19.0. The average Bonchev–Trinajstić information content (AvgIpc) is 3.48. The van der Waals surface area contributed by atoms with Crippen LogP contribution in [0.25, 0.3) is 0 Å². The van der Waals surface area contributed by atoms with E-state index in [9.17, 15) is 14.4 Å². The van der Waals surface area contributed by atoms with Gasteiger partial charge in [-0.3, -0.25) is 19.7 Å². The van der Waals surface area contributed by atoms with Crippen molar-refractivity contribution in [3.63, 3.8) is 0 Å². The van der Waals surface area contributed by atoms with Gasteiger partial charge in [-0.05, 0) is 61.8 Å². The van der Waals surface area contributed by atoms with E-state index in [0.717, 1.165) is 24.8 Å². The molecule has 4 saturated carbocycles. The van der Waals surface area contributed by atoms with Crippen molar-refractivity contribution in [2.75, 3.05) is 0 Å². The third-order valence-corrected chi connectivity index (χ3v) is 7.47. The molecule has 4 aliphatic carbocycles. The zero-order chi connectivity index (χ0) is 20.9. The Balaban J connectivity index is 0.00000144. The molecule has 0 spiro atoms. The number of carboxylic acids is 1. The fourth-order valence-electron chi connectivity index (χ4n) is 6.51. The van der Waals surface area contributed by atoms with E-state index in [1.165, 1.54) is 19.3 Å². The van der Waals surface area contributed by atoms with Crippen LogP contribution in [0.5, 0.6) is 0 Å². The van der Waals surface area contributed by atoms with Crippen LogP contribution < -0.4 is 45.5 Å². The predicted octanol–water partition coefficient (Wildman–Crippen LogP) is -1.66. The Hall–Kier alpha value is -1.41. The second kappa shape index (κ2) is 8.85. The minimum atomic E-state index is -1.05. The van der Waals surface area contributed by atoms with Gasteiger partial charge in [-0.2, -0.15) is 0 Å². The van der Waals surface area contributed by atoms with Gasteiger partial charge in [-0.15, -0.1) is 0 Å². The summed E-state index contributed by atoms with van der Waals surface area (Å²) in [6.07, 6.45) is 7.40. The van der Waals surface area contributed by atoms with E-state index < -0.39 is 30.0 Å². The molecule has 7 nitrogen and oxygen atoms in total. The van der Waals surface area contributed by atoms with Crippen molar-refractivity contribution in [2.45, 2.75) is 68.6 Å². The predicted molar refractivity (Wildman–Crippen MR) is 111 cm³/mol. The van der Waals surface area contributed by atoms with Gasteiger partial charge in [0.25, 0.3) is 0 Å². The zero-order valence-corrected chi connectivity index (χ0v) is 20.0. The van der Waals surface area contributed by atoms with Crippen molar-refractivity contribution in [3.8, 4) is 0 Å². The number of aliphatic carboxylic acids is 1. The molecule has 5 fully saturated rings. The number of nitrogens with one attached hydrogen (secondary N) is 3. The fraction of sp³-hybridized carbons (Fsp3) is 0.609. The monoisotopic (exact) mass is 435 g/mol. The van der Waals surface area contributed by atoms with Gasteiger partial charge in [0.2, 0.25) is 11.8 Å². The molecule has 0 aromatic heterocycles. The van der Waals surface area contributed by atoms with Crippen molar-refractivity contribution in [2.24, 2.45) is 17.8 Å². The molecule has 5 aliphatic rings. The molecule has 2 amide bonds. The van der Waals surface area contributed by atoms with Crippen molar-refractivity contribution in [3.05, 3.63) is 35.9 Å². The molecule has 8 heteroatoms. The largest absolute Gasteiger partial charge is 1.00 e. The molecule has 4 N–H and O–H groups in total. The molecule has 162 valence electrons. The van der Waals surface area contributed by atoms with E-state index in [0.29, 0.717) is 24.2 Å². The third-order valence-electron chi connectivity index (χ3n) is 7.47. The molecule has 1 aliphatic heterocycles. The number of carboxylic acid groups (broad SMARTS) is 1. The van der Waals surface area contributed by atoms with E-state index in [1.807, 2.05) is 30.3 Å². The summed E-state index contributed by atoms with van der Waals surface area (Å²) < 4.78 is 0. The van der Waals surface area contributed by atoms with Crippen LogP contribution in [0.2, 0.25) is 0 Å². The van der Waals surface area contributed by atoms with Crippen LogP contribution in [0, 0.1) is 17.8 Å². The number of amides is 2. The molecule has 6 rings (SSSR count). The maximum atomic E-state index is 13.4. The summed E-state index contributed by atoms with van der Waals surface area (Å²) in [7, 11) is 0. The molecular formula is C23H30N3NaO4. The standard InChI is InChI=1S/C23H29N3O4.Na.H/c27-20(26-23-10-14-6-15(11-23)8-16(7-14)12-23)17(9-13-4-2-1-3-5-13)24-21(28)18-19(25-18)22(29)30;;/h1-5,14-19,25H,6-12H2,(H,24,28)(H,26,27)(H,29,30);;/q;+1;-1/t14?,15?,16?,17-,18-,19-,23?;;/m0../s1. The third kappa shape index (κ3) is 4.85. The van der Waals surface area contributed by atoms with Crippen LogP contribution in [0.3, 0.4) is 0 Å². The van der Waals surface area contributed by atoms with Crippen LogP contribution in [-0.4, -0.2) is 46.6 Å². The SMILES string of the molecule is O=C(NC12CC3CC(CC(C3)C1)C2)[C@H](Cc1ccccc1)NC(=O)[C@H]1N[C@@H]1C(=O)O.[H-].[Na+]. The van der Waals surface area contributed by atoms with Gasteiger partial charge in [0, 0.05) is 12.0 Å². The number of carbonyl (C=O) groups is 3. The van der Waals surface area contributed by atoms with Crippen molar-refractivity contribution in [1.82, 2.24) is 16.0 Å². The quantitative estimate of drug-likeness (QED) is 0.302. The van der Waals surface area contributed by atoms with E-state index >= 15 is 0 Å². The van der Waals surface area contributed by atoms with Crippen molar-refractivity contribution in [1.29, 1.82) is 0 Å². The van der Waals surface area contributed by atoms with Gasteiger partial charge in [-0.1, -0.05) is 30.3 Å². The first-order valence-corrected chi connectivity index (χ1v) is 11.1. The summed E-state index contributed by atoms with van der Waals surface area (Å²) in [6, 6.07) is 7.26. The second-order valence-electron chi connectivity index (χ2n) is 9.90. The Morgan fingerprint density at radius 1 is 1.03 bits per heavy atom. The van der Waals surface area contributed by atoms with Gasteiger partial charge < -0.3 is 17.2 Å². The summed E-state index contributed by atoms with van der Waals surface area (Å²) in [5.41, 5.74) is 0.828. The first-order valence-electron chi connectivity index (χ1n) is 11.1. The topological polar surface area (TPSA) is 117 Å². The van der Waals surface area contributed by atoms with Crippen LogP contribution >= 0.6 is 0 Å². The number of hydrogen-bond donors (Lipinski definition) is 4. The first-order chi connectivity index (χ1) is 14.4. The summed E-state index contributed by atoms with van der Waals surface area (Å²) >= 11 is 0. The number of carbonyl (C=O) groups excluding carboxylic acids is 2. The average molecular weight is 436 g/mol. The molecule has 31 heavy (non-hydrogen) atoms.